The maximum atomic E-state index is 6.61. The fourth-order valence-electron chi connectivity index (χ4n) is 2.34. The fraction of sp³-hybridized carbons (Fsp3) is 0.412. The van der Waals surface area contributed by atoms with E-state index in [1.807, 2.05) is 58.9 Å². The van der Waals surface area contributed by atoms with Gasteiger partial charge in [-0.3, -0.25) is 0 Å². The zero-order chi connectivity index (χ0) is 14.9. The molecule has 20 heavy (non-hydrogen) atoms. The molecule has 1 atom stereocenters. The van der Waals surface area contributed by atoms with Gasteiger partial charge in [0.2, 0.25) is 0 Å². The topological polar surface area (TPSA) is 22.4 Å². The van der Waals surface area contributed by atoms with Gasteiger partial charge in [0, 0.05) is 5.56 Å². The Hall–Kier alpha value is -1.41. The van der Waals surface area contributed by atoms with E-state index in [1.165, 1.54) is 0 Å². The van der Waals surface area contributed by atoms with Crippen molar-refractivity contribution in [1.29, 1.82) is 0 Å². The van der Waals surface area contributed by atoms with Crippen molar-refractivity contribution in [2.24, 2.45) is 0 Å². The molecule has 3 heteroatoms. The second-order valence-corrected chi connectivity index (χ2v) is 5.79. The molecule has 0 radical (unpaired) electrons. The van der Waals surface area contributed by atoms with Crippen molar-refractivity contribution in [3.63, 3.8) is 0 Å². The summed E-state index contributed by atoms with van der Waals surface area (Å²) in [6.07, 6.45) is 0.175. The minimum absolute atomic E-state index is 0.175. The van der Waals surface area contributed by atoms with Crippen LogP contribution in [0.4, 0.5) is 0 Å². The molecular formula is C17H21ClO2. The number of aryl methyl sites for hydroxylation is 2. The number of alkyl halides is 1. The number of ether oxygens (including phenoxy) is 1. The van der Waals surface area contributed by atoms with Crippen LogP contribution >= 0.6 is 11.6 Å². The summed E-state index contributed by atoms with van der Waals surface area (Å²) in [6, 6.07) is 7.94. The van der Waals surface area contributed by atoms with E-state index >= 15 is 0 Å². The molecule has 0 saturated carbocycles. The molecule has 1 aromatic heterocycles. The van der Waals surface area contributed by atoms with Crippen molar-refractivity contribution in [3.05, 3.63) is 52.5 Å². The minimum atomic E-state index is -0.194. The first-order valence-corrected chi connectivity index (χ1v) is 7.31. The molecule has 108 valence electrons. The molecule has 2 nitrogen and oxygen atoms in total. The van der Waals surface area contributed by atoms with E-state index in [1.54, 1.807) is 0 Å². The first-order chi connectivity index (χ1) is 9.40. The highest BCUT2D eigenvalue weighted by Crippen LogP contribution is 2.36. The maximum absolute atomic E-state index is 6.61. The van der Waals surface area contributed by atoms with Gasteiger partial charge in [0.25, 0.3) is 0 Å². The normalized spacial score (nSPS) is 12.8. The molecule has 0 spiro atoms. The van der Waals surface area contributed by atoms with Crippen LogP contribution in [0.25, 0.3) is 0 Å². The summed E-state index contributed by atoms with van der Waals surface area (Å²) in [7, 11) is 0. The minimum Gasteiger partial charge on any atom is -0.491 e. The number of rotatable bonds is 4. The molecule has 2 aromatic rings. The molecule has 0 amide bonds. The van der Waals surface area contributed by atoms with Crippen molar-refractivity contribution in [3.8, 4) is 5.75 Å². The van der Waals surface area contributed by atoms with Gasteiger partial charge in [0.15, 0.2) is 0 Å². The molecule has 0 fully saturated rings. The maximum Gasteiger partial charge on any atom is 0.119 e. The third kappa shape index (κ3) is 3.01. The first kappa shape index (κ1) is 15.0. The quantitative estimate of drug-likeness (QED) is 0.712. The summed E-state index contributed by atoms with van der Waals surface area (Å²) < 4.78 is 11.3. The molecule has 0 aliphatic rings. The Morgan fingerprint density at radius 1 is 1.00 bits per heavy atom. The van der Waals surface area contributed by atoms with Crippen molar-refractivity contribution < 1.29 is 9.15 Å². The number of hydrogen-bond acceptors (Lipinski definition) is 2. The van der Waals surface area contributed by atoms with E-state index in [9.17, 15) is 0 Å². The van der Waals surface area contributed by atoms with Gasteiger partial charge in [-0.2, -0.15) is 0 Å². The van der Waals surface area contributed by atoms with Crippen LogP contribution < -0.4 is 4.74 Å². The number of benzene rings is 1. The van der Waals surface area contributed by atoms with Crippen LogP contribution in [0.5, 0.6) is 5.75 Å². The van der Waals surface area contributed by atoms with E-state index < -0.39 is 0 Å². The average Bonchev–Trinajstić information content (AvgIpc) is 2.63. The largest absolute Gasteiger partial charge is 0.491 e. The van der Waals surface area contributed by atoms with E-state index in [0.717, 1.165) is 34.0 Å². The van der Waals surface area contributed by atoms with Gasteiger partial charge >= 0.3 is 0 Å². The van der Waals surface area contributed by atoms with Crippen molar-refractivity contribution in [1.82, 2.24) is 0 Å². The van der Waals surface area contributed by atoms with E-state index in [2.05, 4.69) is 0 Å². The highest BCUT2D eigenvalue weighted by atomic mass is 35.5. The highest BCUT2D eigenvalue weighted by molar-refractivity contribution is 6.22. The van der Waals surface area contributed by atoms with Crippen molar-refractivity contribution in [2.45, 2.75) is 46.1 Å². The monoisotopic (exact) mass is 292 g/mol. The lowest BCUT2D eigenvalue weighted by molar-refractivity contribution is 0.242. The van der Waals surface area contributed by atoms with Gasteiger partial charge in [-0.1, -0.05) is 12.1 Å². The molecule has 2 rings (SSSR count). The standard InChI is InChI=1S/C17H21ClO2/c1-10(2)19-15-8-6-14(7-9-15)17(18)16-11(3)12(4)20-13(16)5/h6-10,17H,1-5H3. The van der Waals surface area contributed by atoms with Crippen LogP contribution in [0.15, 0.2) is 28.7 Å². The SMILES string of the molecule is Cc1oc(C)c(C(Cl)c2ccc(OC(C)C)cc2)c1C. The Kier molecular flexibility index (Phi) is 4.44. The first-order valence-electron chi connectivity index (χ1n) is 6.87. The van der Waals surface area contributed by atoms with Gasteiger partial charge < -0.3 is 9.15 Å². The number of hydrogen-bond donors (Lipinski definition) is 0. The Bertz CT molecular complexity index is 582. The predicted molar refractivity (Wildman–Crippen MR) is 82.8 cm³/mol. The molecule has 0 aliphatic carbocycles. The molecule has 1 heterocycles. The second kappa shape index (κ2) is 5.92. The zero-order valence-electron chi connectivity index (χ0n) is 12.7. The van der Waals surface area contributed by atoms with Crippen LogP contribution in [0.3, 0.4) is 0 Å². The Balaban J connectivity index is 2.27. The lowest BCUT2D eigenvalue weighted by atomic mass is 10.0. The van der Waals surface area contributed by atoms with E-state index in [0.29, 0.717) is 0 Å². The lowest BCUT2D eigenvalue weighted by Crippen LogP contribution is -2.05. The van der Waals surface area contributed by atoms with Crippen LogP contribution in [-0.4, -0.2) is 6.10 Å². The number of furan rings is 1. The Morgan fingerprint density at radius 2 is 1.60 bits per heavy atom. The molecule has 1 unspecified atom stereocenters. The molecule has 0 bridgehead atoms. The summed E-state index contributed by atoms with van der Waals surface area (Å²) in [4.78, 5) is 0. The lowest BCUT2D eigenvalue weighted by Gasteiger charge is -2.13. The second-order valence-electron chi connectivity index (χ2n) is 5.35. The van der Waals surface area contributed by atoms with E-state index in [4.69, 9.17) is 20.8 Å². The third-order valence-corrected chi connectivity index (χ3v) is 3.89. The highest BCUT2D eigenvalue weighted by Gasteiger charge is 2.20. The van der Waals surface area contributed by atoms with Gasteiger partial charge in [-0.15, -0.1) is 11.6 Å². The van der Waals surface area contributed by atoms with Crippen LogP contribution in [-0.2, 0) is 0 Å². The average molecular weight is 293 g/mol. The molecule has 0 aliphatic heterocycles. The molecule has 0 saturated heterocycles. The Morgan fingerprint density at radius 3 is 2.05 bits per heavy atom. The molecule has 1 aromatic carbocycles. The summed E-state index contributed by atoms with van der Waals surface area (Å²) in [6.45, 7) is 10.0. The molecular weight excluding hydrogens is 272 g/mol. The summed E-state index contributed by atoms with van der Waals surface area (Å²) in [5.41, 5.74) is 3.25. The van der Waals surface area contributed by atoms with Gasteiger partial charge in [0.05, 0.1) is 11.5 Å². The summed E-state index contributed by atoms with van der Waals surface area (Å²) in [5, 5.41) is -0.194. The third-order valence-electron chi connectivity index (χ3n) is 3.42. The van der Waals surface area contributed by atoms with Crippen LogP contribution in [0.2, 0.25) is 0 Å². The zero-order valence-corrected chi connectivity index (χ0v) is 13.4. The van der Waals surface area contributed by atoms with Gasteiger partial charge in [-0.05, 0) is 57.9 Å². The fourth-order valence-corrected chi connectivity index (χ4v) is 2.80. The van der Waals surface area contributed by atoms with Crippen molar-refractivity contribution >= 4 is 11.6 Å². The van der Waals surface area contributed by atoms with Crippen LogP contribution in [0.1, 0.15) is 47.4 Å². The molecule has 0 N–H and O–H groups in total. The smallest absolute Gasteiger partial charge is 0.119 e. The van der Waals surface area contributed by atoms with Gasteiger partial charge in [0.1, 0.15) is 17.3 Å². The summed E-state index contributed by atoms with van der Waals surface area (Å²) in [5.74, 6) is 2.69. The summed E-state index contributed by atoms with van der Waals surface area (Å²) >= 11 is 6.61. The van der Waals surface area contributed by atoms with Crippen LogP contribution in [0, 0.1) is 20.8 Å². The van der Waals surface area contributed by atoms with Gasteiger partial charge in [-0.25, -0.2) is 0 Å². The Labute approximate surface area is 125 Å². The van der Waals surface area contributed by atoms with E-state index in [-0.39, 0.29) is 11.5 Å². The van der Waals surface area contributed by atoms with Crippen molar-refractivity contribution in [2.75, 3.05) is 0 Å². The predicted octanol–water partition coefficient (Wildman–Crippen LogP) is 5.32. The number of halogens is 1.